The summed E-state index contributed by atoms with van der Waals surface area (Å²) in [4.78, 5) is 14.7. The second kappa shape index (κ2) is 9.22. The highest BCUT2D eigenvalue weighted by molar-refractivity contribution is 7.92. The van der Waals surface area contributed by atoms with Crippen molar-refractivity contribution >= 4 is 32.8 Å². The molecule has 0 bridgehead atoms. The second-order valence-corrected chi connectivity index (χ2v) is 7.95. The maximum absolute atomic E-state index is 12.8. The lowest BCUT2D eigenvalue weighted by molar-refractivity contribution is -0.384. The number of ether oxygens (including phenoxy) is 1. The van der Waals surface area contributed by atoms with E-state index in [2.05, 4.69) is 20.2 Å². The lowest BCUT2D eigenvalue weighted by atomic mass is 10.2. The van der Waals surface area contributed by atoms with Crippen LogP contribution >= 0.6 is 0 Å². The molecule has 0 amide bonds. The van der Waals surface area contributed by atoms with Crippen molar-refractivity contribution in [3.63, 3.8) is 0 Å². The molecule has 0 atom stereocenters. The normalized spacial score (nSPS) is 11.6. The van der Waals surface area contributed by atoms with Crippen LogP contribution in [0.25, 0.3) is 0 Å². The van der Waals surface area contributed by atoms with Gasteiger partial charge >= 0.3 is 0 Å². The van der Waals surface area contributed by atoms with Crippen molar-refractivity contribution in [1.82, 2.24) is 4.98 Å². The van der Waals surface area contributed by atoms with E-state index in [1.807, 2.05) is 0 Å². The van der Waals surface area contributed by atoms with Crippen LogP contribution < -0.4 is 14.9 Å². The molecule has 0 radical (unpaired) electrons. The summed E-state index contributed by atoms with van der Waals surface area (Å²) in [7, 11) is -2.69. The van der Waals surface area contributed by atoms with E-state index in [9.17, 15) is 18.5 Å². The first-order valence-corrected chi connectivity index (χ1v) is 10.5. The fraction of sp³-hybridized carbons (Fsp3) is 0.100. The lowest BCUT2D eigenvalue weighted by Crippen LogP contribution is -2.14. The van der Waals surface area contributed by atoms with Gasteiger partial charge < -0.3 is 4.74 Å². The molecule has 0 saturated heterocycles. The highest BCUT2D eigenvalue weighted by atomic mass is 32.2. The summed E-state index contributed by atoms with van der Waals surface area (Å²) >= 11 is 0. The Kier molecular flexibility index (Phi) is 6.46. The van der Waals surface area contributed by atoms with Gasteiger partial charge in [0.2, 0.25) is 0 Å². The number of aromatic nitrogens is 1. The van der Waals surface area contributed by atoms with E-state index < -0.39 is 20.6 Å². The van der Waals surface area contributed by atoms with Crippen molar-refractivity contribution < 1.29 is 18.1 Å². The first kappa shape index (κ1) is 21.7. The minimum Gasteiger partial charge on any atom is -0.495 e. The Hall–Kier alpha value is -3.99. The smallest absolute Gasteiger partial charge is 0.295 e. The molecule has 0 aliphatic rings. The number of nitrogens with zero attached hydrogens (tertiary/aromatic N) is 3. The first-order valence-electron chi connectivity index (χ1n) is 8.98. The standard InChI is InChI=1S/C20H19N5O5S/c1-14(16-7-5-6-12-21-16)22-23-17-11-10-15(13-19(17)25(26)27)31(28,29)24-18-8-3-4-9-20(18)30-2/h3-13,23-24H,1-2H3/b22-14-. The molecule has 0 unspecified atom stereocenters. The van der Waals surface area contributed by atoms with Gasteiger partial charge in [0.25, 0.3) is 15.7 Å². The number of hydrogen-bond donors (Lipinski definition) is 2. The van der Waals surface area contributed by atoms with Crippen LogP contribution in [0.15, 0.2) is 76.9 Å². The molecule has 10 nitrogen and oxygen atoms in total. The monoisotopic (exact) mass is 441 g/mol. The van der Waals surface area contributed by atoms with Crippen LogP contribution in [0.5, 0.6) is 5.75 Å². The van der Waals surface area contributed by atoms with E-state index in [4.69, 9.17) is 4.74 Å². The number of nitro benzene ring substituents is 1. The van der Waals surface area contributed by atoms with Gasteiger partial charge in [-0.1, -0.05) is 18.2 Å². The Morgan fingerprint density at radius 3 is 2.52 bits per heavy atom. The molecular weight excluding hydrogens is 422 g/mol. The zero-order valence-corrected chi connectivity index (χ0v) is 17.5. The molecule has 11 heteroatoms. The summed E-state index contributed by atoms with van der Waals surface area (Å²) in [6, 6.07) is 15.2. The molecule has 31 heavy (non-hydrogen) atoms. The molecule has 0 fully saturated rings. The molecule has 2 aromatic carbocycles. The van der Waals surface area contributed by atoms with Gasteiger partial charge in [0, 0.05) is 12.3 Å². The number of pyridine rings is 1. The van der Waals surface area contributed by atoms with E-state index in [0.717, 1.165) is 6.07 Å². The topological polar surface area (TPSA) is 136 Å². The summed E-state index contributed by atoms with van der Waals surface area (Å²) in [5.74, 6) is 0.318. The van der Waals surface area contributed by atoms with Crippen molar-refractivity contribution in [2.75, 3.05) is 17.3 Å². The largest absolute Gasteiger partial charge is 0.495 e. The molecule has 0 aliphatic carbocycles. The number of para-hydroxylation sites is 2. The highest BCUT2D eigenvalue weighted by Crippen LogP contribution is 2.30. The van der Waals surface area contributed by atoms with Gasteiger partial charge in [0.05, 0.1) is 34.0 Å². The van der Waals surface area contributed by atoms with Crippen molar-refractivity contribution in [1.29, 1.82) is 0 Å². The quantitative estimate of drug-likeness (QED) is 0.309. The van der Waals surface area contributed by atoms with Crippen molar-refractivity contribution in [2.45, 2.75) is 11.8 Å². The van der Waals surface area contributed by atoms with Crippen LogP contribution in [0.1, 0.15) is 12.6 Å². The third kappa shape index (κ3) is 5.14. The summed E-state index contributed by atoms with van der Waals surface area (Å²) in [5, 5.41) is 15.7. The number of hydrogen-bond acceptors (Lipinski definition) is 8. The van der Waals surface area contributed by atoms with Gasteiger partial charge in [-0.3, -0.25) is 25.2 Å². The maximum Gasteiger partial charge on any atom is 0.295 e. The fourth-order valence-corrected chi connectivity index (χ4v) is 3.72. The Morgan fingerprint density at radius 1 is 1.10 bits per heavy atom. The Morgan fingerprint density at radius 2 is 1.84 bits per heavy atom. The summed E-state index contributed by atoms with van der Waals surface area (Å²) in [5.41, 5.74) is 3.52. The molecule has 3 aromatic rings. The number of hydrazone groups is 1. The van der Waals surface area contributed by atoms with E-state index in [1.54, 1.807) is 49.5 Å². The van der Waals surface area contributed by atoms with Gasteiger partial charge in [0.1, 0.15) is 11.4 Å². The molecule has 1 aromatic heterocycles. The molecule has 0 aliphatic heterocycles. The van der Waals surface area contributed by atoms with Gasteiger partial charge in [-0.25, -0.2) is 8.42 Å². The average Bonchev–Trinajstić information content (AvgIpc) is 2.78. The van der Waals surface area contributed by atoms with Crippen LogP contribution in [0.4, 0.5) is 17.1 Å². The third-order valence-electron chi connectivity index (χ3n) is 4.21. The van der Waals surface area contributed by atoms with Crippen LogP contribution in [-0.2, 0) is 10.0 Å². The molecule has 2 N–H and O–H groups in total. The van der Waals surface area contributed by atoms with Crippen LogP contribution in [0.3, 0.4) is 0 Å². The highest BCUT2D eigenvalue weighted by Gasteiger charge is 2.22. The second-order valence-electron chi connectivity index (χ2n) is 6.27. The molecule has 0 spiro atoms. The minimum atomic E-state index is -4.10. The molecular formula is C20H19N5O5S. The summed E-state index contributed by atoms with van der Waals surface area (Å²) in [6.07, 6.45) is 1.60. The van der Waals surface area contributed by atoms with Gasteiger partial charge in [0.15, 0.2) is 0 Å². The van der Waals surface area contributed by atoms with Gasteiger partial charge in [-0.15, -0.1) is 0 Å². The third-order valence-corrected chi connectivity index (χ3v) is 5.57. The predicted molar refractivity (Wildman–Crippen MR) is 117 cm³/mol. The number of nitrogens with one attached hydrogen (secondary N) is 2. The lowest BCUT2D eigenvalue weighted by Gasteiger charge is -2.12. The Balaban J connectivity index is 1.90. The van der Waals surface area contributed by atoms with Gasteiger partial charge in [-0.2, -0.15) is 5.10 Å². The minimum absolute atomic E-state index is 0.0384. The van der Waals surface area contributed by atoms with Crippen LogP contribution in [-0.4, -0.2) is 31.1 Å². The summed E-state index contributed by atoms with van der Waals surface area (Å²) < 4.78 is 33.0. The molecule has 1 heterocycles. The number of benzene rings is 2. The Labute approximate surface area is 178 Å². The average molecular weight is 441 g/mol. The molecule has 160 valence electrons. The Bertz CT molecular complexity index is 1230. The van der Waals surface area contributed by atoms with Crippen molar-refractivity contribution in [2.24, 2.45) is 5.10 Å². The van der Waals surface area contributed by atoms with E-state index in [0.29, 0.717) is 17.2 Å². The molecule has 3 rings (SSSR count). The van der Waals surface area contributed by atoms with E-state index in [1.165, 1.54) is 25.3 Å². The number of nitro groups is 1. The summed E-state index contributed by atoms with van der Waals surface area (Å²) in [6.45, 7) is 1.69. The van der Waals surface area contributed by atoms with Crippen molar-refractivity contribution in [3.8, 4) is 5.75 Å². The SMILES string of the molecule is COc1ccccc1NS(=O)(=O)c1ccc(N/N=C(/C)c2ccccn2)c([N+](=O)[O-])c1. The number of methoxy groups -OCH3 is 1. The number of anilines is 2. The molecule has 0 saturated carbocycles. The van der Waals surface area contributed by atoms with Gasteiger partial charge in [-0.05, 0) is 43.3 Å². The van der Waals surface area contributed by atoms with E-state index >= 15 is 0 Å². The fourth-order valence-electron chi connectivity index (χ4n) is 2.63. The number of rotatable bonds is 8. The van der Waals surface area contributed by atoms with E-state index in [-0.39, 0.29) is 16.3 Å². The predicted octanol–water partition coefficient (Wildman–Crippen LogP) is 3.64. The zero-order chi connectivity index (χ0) is 22.4. The van der Waals surface area contributed by atoms with Crippen LogP contribution in [0.2, 0.25) is 0 Å². The zero-order valence-electron chi connectivity index (χ0n) is 16.6. The maximum atomic E-state index is 12.8. The van der Waals surface area contributed by atoms with Crippen molar-refractivity contribution in [3.05, 3.63) is 82.7 Å². The first-order chi connectivity index (χ1) is 14.8. The number of sulfonamides is 1. The van der Waals surface area contributed by atoms with Crippen LogP contribution in [0, 0.1) is 10.1 Å².